The van der Waals surface area contributed by atoms with E-state index in [1.54, 1.807) is 0 Å². The summed E-state index contributed by atoms with van der Waals surface area (Å²) in [7, 11) is 0. The van der Waals surface area contributed by atoms with Crippen molar-refractivity contribution >= 4 is 11.6 Å². The van der Waals surface area contributed by atoms with Crippen molar-refractivity contribution in [1.82, 2.24) is 0 Å². The predicted octanol–water partition coefficient (Wildman–Crippen LogP) is 3.35. The zero-order valence-electron chi connectivity index (χ0n) is 13.6. The van der Waals surface area contributed by atoms with Crippen LogP contribution in [-0.4, -0.2) is 19.8 Å². The van der Waals surface area contributed by atoms with Crippen molar-refractivity contribution in [3.05, 3.63) is 58.1 Å². The van der Waals surface area contributed by atoms with Gasteiger partial charge in [-0.1, -0.05) is 23.7 Å². The van der Waals surface area contributed by atoms with E-state index in [0.717, 1.165) is 29.5 Å². The summed E-state index contributed by atoms with van der Waals surface area (Å²) < 4.78 is 11.6. The van der Waals surface area contributed by atoms with E-state index in [1.165, 1.54) is 16.7 Å². The van der Waals surface area contributed by atoms with E-state index in [0.29, 0.717) is 13.2 Å². The highest BCUT2D eigenvalue weighted by molar-refractivity contribution is 6.30. The molecule has 0 amide bonds. The zero-order chi connectivity index (χ0) is 16.2. The Balaban J connectivity index is 2.05. The molecule has 0 bridgehead atoms. The Morgan fingerprint density at radius 2 is 1.83 bits per heavy atom. The minimum absolute atomic E-state index is 0.257. The molecule has 2 N–H and O–H groups in total. The van der Waals surface area contributed by atoms with Gasteiger partial charge in [0.05, 0.1) is 19.8 Å². The first-order valence-corrected chi connectivity index (χ1v) is 8.62. The van der Waals surface area contributed by atoms with Crippen LogP contribution in [0.2, 0.25) is 5.02 Å². The Kier molecular flexibility index (Phi) is 5.09. The smallest absolute Gasteiger partial charge is 0.161 e. The first-order valence-electron chi connectivity index (χ1n) is 8.24. The summed E-state index contributed by atoms with van der Waals surface area (Å²) >= 11 is 6.18. The van der Waals surface area contributed by atoms with Gasteiger partial charge in [0.15, 0.2) is 11.5 Å². The number of quaternary nitrogens is 1. The molecule has 1 aliphatic heterocycles. The van der Waals surface area contributed by atoms with Crippen LogP contribution in [0.25, 0.3) is 0 Å². The maximum absolute atomic E-state index is 6.18. The van der Waals surface area contributed by atoms with Gasteiger partial charge in [-0.3, -0.25) is 0 Å². The second-order valence-corrected chi connectivity index (χ2v) is 6.11. The molecule has 2 aromatic carbocycles. The molecule has 3 rings (SSSR count). The van der Waals surface area contributed by atoms with Crippen LogP contribution in [0.1, 0.15) is 36.6 Å². The highest BCUT2D eigenvalue weighted by Gasteiger charge is 2.27. The van der Waals surface area contributed by atoms with E-state index in [-0.39, 0.29) is 6.04 Å². The van der Waals surface area contributed by atoms with Crippen molar-refractivity contribution < 1.29 is 14.8 Å². The summed E-state index contributed by atoms with van der Waals surface area (Å²) in [4.78, 5) is 0. The van der Waals surface area contributed by atoms with Crippen molar-refractivity contribution in [2.45, 2.75) is 26.3 Å². The van der Waals surface area contributed by atoms with Crippen LogP contribution in [0.5, 0.6) is 11.5 Å². The van der Waals surface area contributed by atoms with Crippen LogP contribution in [0.3, 0.4) is 0 Å². The molecule has 23 heavy (non-hydrogen) atoms. The normalized spacial score (nSPS) is 16.7. The van der Waals surface area contributed by atoms with Crippen molar-refractivity contribution in [3.8, 4) is 11.5 Å². The van der Waals surface area contributed by atoms with Crippen LogP contribution < -0.4 is 14.8 Å². The number of rotatable bonds is 5. The molecule has 4 heteroatoms. The molecule has 1 heterocycles. The van der Waals surface area contributed by atoms with E-state index in [1.807, 2.05) is 26.0 Å². The summed E-state index contributed by atoms with van der Waals surface area (Å²) in [6, 6.07) is 12.7. The molecule has 122 valence electrons. The van der Waals surface area contributed by atoms with E-state index in [2.05, 4.69) is 29.6 Å². The topological polar surface area (TPSA) is 35.1 Å². The van der Waals surface area contributed by atoms with Gasteiger partial charge in [0, 0.05) is 22.6 Å². The number of halogens is 1. The van der Waals surface area contributed by atoms with Gasteiger partial charge in [0.2, 0.25) is 0 Å². The first kappa shape index (κ1) is 16.2. The molecule has 0 aromatic heterocycles. The Morgan fingerprint density at radius 3 is 2.52 bits per heavy atom. The Morgan fingerprint density at radius 1 is 1.09 bits per heavy atom. The summed E-state index contributed by atoms with van der Waals surface area (Å²) in [6.45, 7) is 6.32. The van der Waals surface area contributed by atoms with E-state index in [4.69, 9.17) is 21.1 Å². The van der Waals surface area contributed by atoms with Crippen molar-refractivity contribution in [1.29, 1.82) is 0 Å². The van der Waals surface area contributed by atoms with Crippen molar-refractivity contribution in [3.63, 3.8) is 0 Å². The summed E-state index contributed by atoms with van der Waals surface area (Å²) in [6.07, 6.45) is 1.04. The minimum Gasteiger partial charge on any atom is -0.490 e. The second kappa shape index (κ2) is 7.24. The van der Waals surface area contributed by atoms with Crippen LogP contribution in [0.15, 0.2) is 36.4 Å². The van der Waals surface area contributed by atoms with Gasteiger partial charge in [-0.2, -0.15) is 0 Å². The number of hydrogen-bond donors (Lipinski definition) is 1. The highest BCUT2D eigenvalue weighted by atomic mass is 35.5. The molecule has 0 aliphatic carbocycles. The molecule has 0 unspecified atom stereocenters. The fourth-order valence-electron chi connectivity index (χ4n) is 3.21. The fraction of sp³-hybridized carbons (Fsp3) is 0.368. The summed E-state index contributed by atoms with van der Waals surface area (Å²) in [5.74, 6) is 1.68. The van der Waals surface area contributed by atoms with Gasteiger partial charge in [-0.15, -0.1) is 0 Å². The maximum Gasteiger partial charge on any atom is 0.161 e. The van der Waals surface area contributed by atoms with E-state index in [9.17, 15) is 0 Å². The Labute approximate surface area is 142 Å². The average molecular weight is 333 g/mol. The standard InChI is InChI=1S/C19H22ClNO2/c1-3-22-17-11-13-8-9-21-19(14-6-5-7-15(20)10-14)16(13)12-18(17)23-4-2/h5-7,10-12,19,21H,3-4,8-9H2,1-2H3/p+1/t19-/m0/s1. The highest BCUT2D eigenvalue weighted by Crippen LogP contribution is 2.36. The number of ether oxygens (including phenoxy) is 2. The monoisotopic (exact) mass is 332 g/mol. The van der Waals surface area contributed by atoms with E-state index < -0.39 is 0 Å². The van der Waals surface area contributed by atoms with Crippen LogP contribution >= 0.6 is 11.6 Å². The molecule has 0 fully saturated rings. The SMILES string of the molecule is CCOc1cc2c(cc1OCC)[C@H](c1cccc(Cl)c1)[NH2+]CC2. The maximum atomic E-state index is 6.18. The quantitative estimate of drug-likeness (QED) is 0.911. The van der Waals surface area contributed by atoms with Gasteiger partial charge in [-0.25, -0.2) is 0 Å². The van der Waals surface area contributed by atoms with Gasteiger partial charge >= 0.3 is 0 Å². The van der Waals surface area contributed by atoms with Crippen LogP contribution in [0, 0.1) is 0 Å². The Bertz CT molecular complexity index is 687. The molecule has 0 saturated heterocycles. The van der Waals surface area contributed by atoms with Gasteiger partial charge in [0.1, 0.15) is 6.04 Å². The lowest BCUT2D eigenvalue weighted by Gasteiger charge is -2.26. The second-order valence-electron chi connectivity index (χ2n) is 5.67. The van der Waals surface area contributed by atoms with Crippen molar-refractivity contribution in [2.24, 2.45) is 0 Å². The van der Waals surface area contributed by atoms with Gasteiger partial charge < -0.3 is 14.8 Å². The van der Waals surface area contributed by atoms with Crippen LogP contribution in [-0.2, 0) is 6.42 Å². The lowest BCUT2D eigenvalue weighted by Crippen LogP contribution is -2.87. The molecule has 0 radical (unpaired) electrons. The molecular weight excluding hydrogens is 310 g/mol. The number of benzene rings is 2. The lowest BCUT2D eigenvalue weighted by atomic mass is 9.89. The summed E-state index contributed by atoms with van der Waals surface area (Å²) in [5, 5.41) is 3.14. The van der Waals surface area contributed by atoms with Gasteiger partial charge in [-0.05, 0) is 43.7 Å². The third kappa shape index (κ3) is 3.46. The lowest BCUT2D eigenvalue weighted by molar-refractivity contribution is -0.690. The van der Waals surface area contributed by atoms with Crippen LogP contribution in [0.4, 0.5) is 0 Å². The van der Waals surface area contributed by atoms with E-state index >= 15 is 0 Å². The predicted molar refractivity (Wildman–Crippen MR) is 92.6 cm³/mol. The first-order chi connectivity index (χ1) is 11.2. The number of fused-ring (bicyclic) bond motifs is 1. The molecule has 2 aromatic rings. The molecule has 3 nitrogen and oxygen atoms in total. The third-order valence-corrected chi connectivity index (χ3v) is 4.40. The fourth-order valence-corrected chi connectivity index (χ4v) is 3.41. The van der Waals surface area contributed by atoms with Gasteiger partial charge in [0.25, 0.3) is 0 Å². The van der Waals surface area contributed by atoms with Crippen molar-refractivity contribution in [2.75, 3.05) is 19.8 Å². The Hall–Kier alpha value is -1.71. The molecule has 1 atom stereocenters. The molecule has 0 spiro atoms. The third-order valence-electron chi connectivity index (χ3n) is 4.16. The average Bonchev–Trinajstić information content (AvgIpc) is 2.55. The zero-order valence-corrected chi connectivity index (χ0v) is 14.4. The molecular formula is C19H23ClNO2+. The molecule has 1 aliphatic rings. The number of hydrogen-bond acceptors (Lipinski definition) is 2. The summed E-state index contributed by atoms with van der Waals surface area (Å²) in [5.41, 5.74) is 3.86. The largest absolute Gasteiger partial charge is 0.490 e. The number of nitrogens with two attached hydrogens (primary N) is 1. The minimum atomic E-state index is 0.257. The molecule has 0 saturated carbocycles.